The monoisotopic (exact) mass is 325 g/mol. The summed E-state index contributed by atoms with van der Waals surface area (Å²) in [4.78, 5) is 4.46. The fourth-order valence-corrected chi connectivity index (χ4v) is 4.09. The minimum atomic E-state index is -3.53. The zero-order valence-electron chi connectivity index (χ0n) is 12.0. The summed E-state index contributed by atoms with van der Waals surface area (Å²) in [5.74, 6) is 0. The van der Waals surface area contributed by atoms with Gasteiger partial charge in [-0.2, -0.15) is 0 Å². The van der Waals surface area contributed by atoms with E-state index in [9.17, 15) is 8.42 Å². The number of hydrogen-bond acceptors (Lipinski definition) is 5. The average Bonchev–Trinajstić information content (AvgIpc) is 3.00. The minimum absolute atomic E-state index is 0.275. The zero-order chi connectivity index (χ0) is 15.3. The highest BCUT2D eigenvalue weighted by Crippen LogP contribution is 2.22. The zero-order valence-corrected chi connectivity index (χ0v) is 13.7. The molecule has 0 aliphatic rings. The van der Waals surface area contributed by atoms with Crippen LogP contribution < -0.4 is 10.0 Å². The summed E-state index contributed by atoms with van der Waals surface area (Å²) in [6.45, 7) is 2.65. The lowest BCUT2D eigenvalue weighted by atomic mass is 10.2. The summed E-state index contributed by atoms with van der Waals surface area (Å²) in [6.07, 6.45) is 2.34. The molecular weight excluding hydrogens is 306 g/mol. The molecular formula is C14H19N3O2S2. The molecule has 0 amide bonds. The number of sulfonamides is 1. The lowest BCUT2D eigenvalue weighted by Crippen LogP contribution is -2.28. The van der Waals surface area contributed by atoms with Gasteiger partial charge in [-0.25, -0.2) is 18.1 Å². The van der Waals surface area contributed by atoms with Crippen LogP contribution in [0.3, 0.4) is 0 Å². The molecule has 21 heavy (non-hydrogen) atoms. The molecule has 0 aliphatic carbocycles. The standard InChI is InChI=1S/C14H19N3O2S2/c1-3-13(14-16-8-9-20-14)17-21(18,19)12-6-4-11(5-7-12)10-15-2/h4-9,13,15,17H,3,10H2,1-2H3. The van der Waals surface area contributed by atoms with Crippen LogP contribution in [0.25, 0.3) is 0 Å². The first-order chi connectivity index (χ1) is 10.1. The Hall–Kier alpha value is -1.28. The van der Waals surface area contributed by atoms with E-state index in [0.29, 0.717) is 13.0 Å². The molecule has 114 valence electrons. The molecule has 5 nitrogen and oxygen atoms in total. The molecule has 0 saturated carbocycles. The molecule has 1 aromatic carbocycles. The van der Waals surface area contributed by atoms with Crippen LogP contribution in [0.1, 0.15) is 30.0 Å². The second-order valence-corrected chi connectivity index (χ2v) is 7.27. The smallest absolute Gasteiger partial charge is 0.241 e. The van der Waals surface area contributed by atoms with E-state index in [1.165, 1.54) is 11.3 Å². The first kappa shape index (κ1) is 16.1. The first-order valence-electron chi connectivity index (χ1n) is 6.72. The van der Waals surface area contributed by atoms with Crippen molar-refractivity contribution in [2.45, 2.75) is 30.8 Å². The molecule has 1 heterocycles. The van der Waals surface area contributed by atoms with Gasteiger partial charge < -0.3 is 5.32 Å². The highest BCUT2D eigenvalue weighted by Gasteiger charge is 2.21. The van der Waals surface area contributed by atoms with Crippen molar-refractivity contribution < 1.29 is 8.42 Å². The van der Waals surface area contributed by atoms with Crippen LogP contribution in [-0.2, 0) is 16.6 Å². The van der Waals surface area contributed by atoms with Crippen LogP contribution in [0.15, 0.2) is 40.7 Å². The second-order valence-electron chi connectivity index (χ2n) is 4.63. The van der Waals surface area contributed by atoms with E-state index >= 15 is 0 Å². The molecule has 0 radical (unpaired) electrons. The Kier molecular flexibility index (Phi) is 5.46. The molecule has 0 spiro atoms. The summed E-state index contributed by atoms with van der Waals surface area (Å²) in [5, 5.41) is 5.66. The van der Waals surface area contributed by atoms with Gasteiger partial charge in [-0.05, 0) is 31.2 Å². The number of nitrogens with zero attached hydrogens (tertiary/aromatic N) is 1. The van der Waals surface area contributed by atoms with Gasteiger partial charge in [0.1, 0.15) is 5.01 Å². The molecule has 0 aliphatic heterocycles. The van der Waals surface area contributed by atoms with Gasteiger partial charge in [-0.3, -0.25) is 0 Å². The molecule has 1 atom stereocenters. The SMILES string of the molecule is CCC(NS(=O)(=O)c1ccc(CNC)cc1)c1nccs1. The van der Waals surface area contributed by atoms with E-state index < -0.39 is 10.0 Å². The Morgan fingerprint density at radius 3 is 2.52 bits per heavy atom. The lowest BCUT2D eigenvalue weighted by Gasteiger charge is -2.15. The average molecular weight is 325 g/mol. The van der Waals surface area contributed by atoms with Crippen molar-refractivity contribution >= 4 is 21.4 Å². The lowest BCUT2D eigenvalue weighted by molar-refractivity contribution is 0.549. The van der Waals surface area contributed by atoms with Crippen molar-refractivity contribution in [3.63, 3.8) is 0 Å². The van der Waals surface area contributed by atoms with Crippen LogP contribution in [0.2, 0.25) is 0 Å². The number of rotatable bonds is 7. The maximum absolute atomic E-state index is 12.4. The third kappa shape index (κ3) is 4.10. The molecule has 2 aromatic rings. The van der Waals surface area contributed by atoms with E-state index in [4.69, 9.17) is 0 Å². The molecule has 1 aromatic heterocycles. The summed E-state index contributed by atoms with van der Waals surface area (Å²) in [5.41, 5.74) is 1.04. The summed E-state index contributed by atoms with van der Waals surface area (Å²) in [7, 11) is -1.68. The second kappa shape index (κ2) is 7.13. The van der Waals surface area contributed by atoms with Crippen molar-refractivity contribution in [1.29, 1.82) is 0 Å². The van der Waals surface area contributed by atoms with Gasteiger partial charge in [0.25, 0.3) is 0 Å². The Bertz CT molecular complexity index is 652. The van der Waals surface area contributed by atoms with Crippen LogP contribution in [0.4, 0.5) is 0 Å². The van der Waals surface area contributed by atoms with Crippen molar-refractivity contribution in [1.82, 2.24) is 15.0 Å². The molecule has 7 heteroatoms. The van der Waals surface area contributed by atoms with E-state index in [2.05, 4.69) is 15.0 Å². The van der Waals surface area contributed by atoms with Crippen molar-refractivity contribution in [2.24, 2.45) is 0 Å². The van der Waals surface area contributed by atoms with E-state index in [-0.39, 0.29) is 10.9 Å². The van der Waals surface area contributed by atoms with Gasteiger partial charge >= 0.3 is 0 Å². The molecule has 0 bridgehead atoms. The summed E-state index contributed by atoms with van der Waals surface area (Å²) in [6, 6.07) is 6.60. The van der Waals surface area contributed by atoms with Gasteiger partial charge in [0.15, 0.2) is 0 Å². The minimum Gasteiger partial charge on any atom is -0.316 e. The van der Waals surface area contributed by atoms with Crippen LogP contribution in [-0.4, -0.2) is 20.4 Å². The van der Waals surface area contributed by atoms with Crippen molar-refractivity contribution in [2.75, 3.05) is 7.05 Å². The highest BCUT2D eigenvalue weighted by molar-refractivity contribution is 7.89. The third-order valence-electron chi connectivity index (χ3n) is 3.07. The van der Waals surface area contributed by atoms with Crippen molar-refractivity contribution in [3.05, 3.63) is 46.4 Å². The maximum Gasteiger partial charge on any atom is 0.241 e. The Balaban J connectivity index is 2.17. The molecule has 2 N–H and O–H groups in total. The Labute approximate surface area is 129 Å². The molecule has 0 fully saturated rings. The normalized spacial score (nSPS) is 13.2. The van der Waals surface area contributed by atoms with Crippen LogP contribution in [0.5, 0.6) is 0 Å². The number of benzene rings is 1. The van der Waals surface area contributed by atoms with Gasteiger partial charge in [0.2, 0.25) is 10.0 Å². The largest absolute Gasteiger partial charge is 0.316 e. The van der Waals surface area contributed by atoms with E-state index in [1.54, 1.807) is 18.3 Å². The van der Waals surface area contributed by atoms with Crippen molar-refractivity contribution in [3.8, 4) is 0 Å². The highest BCUT2D eigenvalue weighted by atomic mass is 32.2. The number of thiazole rings is 1. The predicted octanol–water partition coefficient (Wildman–Crippen LogP) is 2.29. The Morgan fingerprint density at radius 1 is 1.29 bits per heavy atom. The maximum atomic E-state index is 12.4. The molecule has 1 unspecified atom stereocenters. The topological polar surface area (TPSA) is 71.1 Å². The van der Waals surface area contributed by atoms with Crippen LogP contribution in [0, 0.1) is 0 Å². The molecule has 0 saturated heterocycles. The quantitative estimate of drug-likeness (QED) is 0.819. The number of aromatic nitrogens is 1. The number of hydrogen-bond donors (Lipinski definition) is 2. The Morgan fingerprint density at radius 2 is 2.00 bits per heavy atom. The van der Waals surface area contributed by atoms with Gasteiger partial charge in [-0.1, -0.05) is 19.1 Å². The number of nitrogens with one attached hydrogen (secondary N) is 2. The van der Waals surface area contributed by atoms with Gasteiger partial charge in [0, 0.05) is 18.1 Å². The fourth-order valence-electron chi connectivity index (χ4n) is 1.96. The van der Waals surface area contributed by atoms with Gasteiger partial charge in [0.05, 0.1) is 10.9 Å². The molecule has 2 rings (SSSR count). The van der Waals surface area contributed by atoms with E-state index in [0.717, 1.165) is 10.6 Å². The predicted molar refractivity (Wildman–Crippen MR) is 84.7 cm³/mol. The summed E-state index contributed by atoms with van der Waals surface area (Å²) >= 11 is 1.45. The van der Waals surface area contributed by atoms with Gasteiger partial charge in [-0.15, -0.1) is 11.3 Å². The van der Waals surface area contributed by atoms with Crippen LogP contribution >= 0.6 is 11.3 Å². The fraction of sp³-hybridized carbons (Fsp3) is 0.357. The first-order valence-corrected chi connectivity index (χ1v) is 9.08. The summed E-state index contributed by atoms with van der Waals surface area (Å²) < 4.78 is 27.5. The van der Waals surface area contributed by atoms with E-state index in [1.807, 2.05) is 31.5 Å². The third-order valence-corrected chi connectivity index (χ3v) is 5.45.